The SMILES string of the molecule is COc1ccc(C(=O)OCc2csc(-c3ccc(C)cc3)n2)c(OC)c1. The molecule has 0 N–H and O–H groups in total. The fourth-order valence-corrected chi connectivity index (χ4v) is 3.20. The molecule has 1 heterocycles. The van der Waals surface area contributed by atoms with Gasteiger partial charge in [-0.05, 0) is 19.1 Å². The van der Waals surface area contributed by atoms with E-state index in [9.17, 15) is 4.79 Å². The second kappa shape index (κ2) is 8.01. The average molecular weight is 369 g/mol. The molecule has 0 aliphatic rings. The first kappa shape index (κ1) is 17.9. The lowest BCUT2D eigenvalue weighted by atomic mass is 10.2. The molecule has 134 valence electrons. The number of rotatable bonds is 6. The number of benzene rings is 2. The summed E-state index contributed by atoms with van der Waals surface area (Å²) in [6, 6.07) is 13.1. The largest absolute Gasteiger partial charge is 0.497 e. The minimum absolute atomic E-state index is 0.108. The summed E-state index contributed by atoms with van der Waals surface area (Å²) in [5.74, 6) is 0.558. The summed E-state index contributed by atoms with van der Waals surface area (Å²) in [6.07, 6.45) is 0. The number of carbonyl (C=O) groups is 1. The van der Waals surface area contributed by atoms with Gasteiger partial charge in [0.1, 0.15) is 28.7 Å². The van der Waals surface area contributed by atoms with Gasteiger partial charge in [0.15, 0.2) is 0 Å². The van der Waals surface area contributed by atoms with Crippen molar-refractivity contribution in [3.63, 3.8) is 0 Å². The summed E-state index contributed by atoms with van der Waals surface area (Å²) in [5, 5.41) is 2.80. The highest BCUT2D eigenvalue weighted by Crippen LogP contribution is 2.27. The van der Waals surface area contributed by atoms with E-state index in [0.29, 0.717) is 22.8 Å². The van der Waals surface area contributed by atoms with Gasteiger partial charge in [-0.1, -0.05) is 29.8 Å². The van der Waals surface area contributed by atoms with Crippen molar-refractivity contribution >= 4 is 17.3 Å². The van der Waals surface area contributed by atoms with Crippen molar-refractivity contribution < 1.29 is 19.0 Å². The Labute approximate surface area is 156 Å². The molecule has 26 heavy (non-hydrogen) atoms. The Morgan fingerprint density at radius 2 is 1.85 bits per heavy atom. The van der Waals surface area contributed by atoms with Crippen molar-refractivity contribution in [1.29, 1.82) is 0 Å². The van der Waals surface area contributed by atoms with Crippen LogP contribution < -0.4 is 9.47 Å². The molecular formula is C20H19NO4S. The first-order chi connectivity index (χ1) is 12.6. The molecule has 1 aromatic heterocycles. The van der Waals surface area contributed by atoms with Crippen LogP contribution in [0.2, 0.25) is 0 Å². The molecule has 0 bridgehead atoms. The monoisotopic (exact) mass is 369 g/mol. The fourth-order valence-electron chi connectivity index (χ4n) is 2.39. The third-order valence-corrected chi connectivity index (χ3v) is 4.77. The molecule has 2 aromatic carbocycles. The lowest BCUT2D eigenvalue weighted by Crippen LogP contribution is -2.07. The Morgan fingerprint density at radius 1 is 1.08 bits per heavy atom. The Morgan fingerprint density at radius 3 is 2.54 bits per heavy atom. The van der Waals surface area contributed by atoms with Crippen LogP contribution in [0.5, 0.6) is 11.5 Å². The van der Waals surface area contributed by atoms with E-state index >= 15 is 0 Å². The highest BCUT2D eigenvalue weighted by atomic mass is 32.1. The number of ether oxygens (including phenoxy) is 3. The zero-order valence-corrected chi connectivity index (χ0v) is 15.6. The molecule has 0 radical (unpaired) electrons. The molecule has 0 aliphatic heterocycles. The van der Waals surface area contributed by atoms with E-state index < -0.39 is 5.97 Å². The molecule has 0 saturated heterocycles. The van der Waals surface area contributed by atoms with Crippen LogP contribution in [0.25, 0.3) is 10.6 Å². The second-order valence-electron chi connectivity index (χ2n) is 5.65. The van der Waals surface area contributed by atoms with Crippen LogP contribution in [0.4, 0.5) is 0 Å². The second-order valence-corrected chi connectivity index (χ2v) is 6.51. The number of nitrogens with zero attached hydrogens (tertiary/aromatic N) is 1. The average Bonchev–Trinajstić information content (AvgIpc) is 3.15. The van der Waals surface area contributed by atoms with E-state index in [1.165, 1.54) is 24.0 Å². The van der Waals surface area contributed by atoms with E-state index in [-0.39, 0.29) is 6.61 Å². The van der Waals surface area contributed by atoms with Crippen LogP contribution in [0, 0.1) is 6.92 Å². The lowest BCUT2D eigenvalue weighted by Gasteiger charge is -2.09. The molecule has 0 atom stereocenters. The summed E-state index contributed by atoms with van der Waals surface area (Å²) in [7, 11) is 3.06. The van der Waals surface area contributed by atoms with Gasteiger partial charge in [-0.2, -0.15) is 0 Å². The number of thiazole rings is 1. The predicted octanol–water partition coefficient (Wildman–Crippen LogP) is 4.49. The zero-order valence-electron chi connectivity index (χ0n) is 14.8. The number of methoxy groups -OCH3 is 2. The van der Waals surface area contributed by atoms with Crippen LogP contribution >= 0.6 is 11.3 Å². The van der Waals surface area contributed by atoms with Crippen LogP contribution in [0.15, 0.2) is 47.8 Å². The van der Waals surface area contributed by atoms with Gasteiger partial charge in [0.05, 0.1) is 19.9 Å². The normalized spacial score (nSPS) is 10.4. The molecule has 5 nitrogen and oxygen atoms in total. The Hall–Kier alpha value is -2.86. The van der Waals surface area contributed by atoms with Crippen LogP contribution in [0.1, 0.15) is 21.6 Å². The summed E-state index contributed by atoms with van der Waals surface area (Å²) in [5.41, 5.74) is 3.32. The number of hydrogen-bond donors (Lipinski definition) is 0. The van der Waals surface area contributed by atoms with Crippen LogP contribution in [0.3, 0.4) is 0 Å². The molecule has 0 fully saturated rings. The van der Waals surface area contributed by atoms with Crippen LogP contribution in [-0.2, 0) is 11.3 Å². The van der Waals surface area contributed by atoms with Crippen molar-refractivity contribution in [2.75, 3.05) is 14.2 Å². The maximum Gasteiger partial charge on any atom is 0.342 e. The van der Waals surface area contributed by atoms with Crippen molar-refractivity contribution in [2.24, 2.45) is 0 Å². The minimum atomic E-state index is -0.464. The van der Waals surface area contributed by atoms with Crippen molar-refractivity contribution in [3.05, 3.63) is 64.7 Å². The minimum Gasteiger partial charge on any atom is -0.497 e. The van der Waals surface area contributed by atoms with Gasteiger partial charge >= 0.3 is 5.97 Å². The van der Waals surface area contributed by atoms with Gasteiger partial charge < -0.3 is 14.2 Å². The molecule has 0 spiro atoms. The standard InChI is InChI=1S/C20H19NO4S/c1-13-4-6-14(7-5-13)19-21-15(12-26-19)11-25-20(22)17-9-8-16(23-2)10-18(17)24-3/h4-10,12H,11H2,1-3H3. The van der Waals surface area contributed by atoms with E-state index in [1.807, 2.05) is 36.6 Å². The third-order valence-electron chi connectivity index (χ3n) is 3.83. The molecule has 0 unspecified atom stereocenters. The summed E-state index contributed by atoms with van der Waals surface area (Å²) in [4.78, 5) is 16.9. The van der Waals surface area contributed by atoms with Gasteiger partial charge in [0.2, 0.25) is 0 Å². The highest BCUT2D eigenvalue weighted by molar-refractivity contribution is 7.13. The topological polar surface area (TPSA) is 57.7 Å². The van der Waals surface area contributed by atoms with Gasteiger partial charge in [-0.15, -0.1) is 11.3 Å². The Balaban J connectivity index is 1.68. The zero-order chi connectivity index (χ0) is 18.5. The first-order valence-corrected chi connectivity index (χ1v) is 8.89. The van der Waals surface area contributed by atoms with Crippen LogP contribution in [-0.4, -0.2) is 25.2 Å². The summed E-state index contributed by atoms with van der Waals surface area (Å²) in [6.45, 7) is 2.15. The molecule has 0 aliphatic carbocycles. The lowest BCUT2D eigenvalue weighted by molar-refractivity contribution is 0.0465. The molecule has 3 rings (SSSR count). The maximum absolute atomic E-state index is 12.3. The van der Waals surface area contributed by atoms with Crippen molar-refractivity contribution in [2.45, 2.75) is 13.5 Å². The number of carbonyl (C=O) groups excluding carboxylic acids is 1. The van der Waals surface area contributed by atoms with E-state index in [4.69, 9.17) is 14.2 Å². The predicted molar refractivity (Wildman–Crippen MR) is 101 cm³/mol. The highest BCUT2D eigenvalue weighted by Gasteiger charge is 2.15. The molecule has 0 saturated carbocycles. The number of aryl methyl sites for hydroxylation is 1. The summed E-state index contributed by atoms with van der Waals surface area (Å²) < 4.78 is 15.8. The van der Waals surface area contributed by atoms with E-state index in [0.717, 1.165) is 10.6 Å². The van der Waals surface area contributed by atoms with E-state index in [1.54, 1.807) is 25.3 Å². The Bertz CT molecular complexity index is 902. The quantitative estimate of drug-likeness (QED) is 0.599. The fraction of sp³-hybridized carbons (Fsp3) is 0.200. The third kappa shape index (κ3) is 4.03. The molecule has 0 amide bonds. The molecular weight excluding hydrogens is 350 g/mol. The number of esters is 1. The number of aromatic nitrogens is 1. The van der Waals surface area contributed by atoms with Gasteiger partial charge in [0, 0.05) is 17.0 Å². The maximum atomic E-state index is 12.3. The molecule has 6 heteroatoms. The van der Waals surface area contributed by atoms with Gasteiger partial charge in [0.25, 0.3) is 0 Å². The molecule has 3 aromatic rings. The Kier molecular flexibility index (Phi) is 5.53. The van der Waals surface area contributed by atoms with E-state index in [2.05, 4.69) is 4.98 Å². The van der Waals surface area contributed by atoms with Gasteiger partial charge in [-0.25, -0.2) is 9.78 Å². The number of hydrogen-bond acceptors (Lipinski definition) is 6. The summed E-state index contributed by atoms with van der Waals surface area (Å²) >= 11 is 1.52. The van der Waals surface area contributed by atoms with Crippen molar-refractivity contribution in [1.82, 2.24) is 4.98 Å². The van der Waals surface area contributed by atoms with Gasteiger partial charge in [-0.3, -0.25) is 0 Å². The smallest absolute Gasteiger partial charge is 0.342 e. The van der Waals surface area contributed by atoms with Crippen molar-refractivity contribution in [3.8, 4) is 22.1 Å². The first-order valence-electron chi connectivity index (χ1n) is 8.01.